The van der Waals surface area contributed by atoms with Crippen LogP contribution in [-0.2, 0) is 42.9 Å². The average molecular weight is 1050 g/mol. The smallest absolute Gasteiger partial charge is 0.335 e. The molecule has 0 saturated carbocycles. The van der Waals surface area contributed by atoms with Gasteiger partial charge in [-0.3, -0.25) is 14.4 Å². The molecule has 0 aromatic carbocycles. The number of aliphatic carboxylic acids is 1. The third-order valence-electron chi connectivity index (χ3n) is 12.9. The fourth-order valence-corrected chi connectivity index (χ4v) is 8.45. The third-order valence-corrected chi connectivity index (χ3v) is 12.9. The van der Waals surface area contributed by atoms with Crippen LogP contribution in [0.5, 0.6) is 0 Å². The highest BCUT2D eigenvalue weighted by Crippen LogP contribution is 2.26. The number of hydrogen-bond donors (Lipinski definition) is 3. The molecule has 0 aromatic rings. The maximum absolute atomic E-state index is 13.1. The number of hydrogen-bond acceptors (Lipinski definition) is 11. The highest BCUT2D eigenvalue weighted by Gasteiger charge is 2.50. The van der Waals surface area contributed by atoms with E-state index in [2.05, 4.69) is 106 Å². The molecule has 6 unspecified atom stereocenters. The predicted molar refractivity (Wildman–Crippen MR) is 303 cm³/mol. The number of aliphatic hydroxyl groups is 2. The molecule has 1 saturated heterocycles. The quantitative estimate of drug-likeness (QED) is 0.0228. The zero-order valence-electron chi connectivity index (χ0n) is 47.0. The van der Waals surface area contributed by atoms with Crippen LogP contribution in [-0.4, -0.2) is 89.2 Å². The van der Waals surface area contributed by atoms with Crippen molar-refractivity contribution >= 4 is 23.9 Å². The van der Waals surface area contributed by atoms with Crippen LogP contribution in [0.15, 0.2) is 85.1 Å². The normalized spacial score (nSPS) is 18.8. The fraction of sp³-hybridized carbons (Fsp3) is 0.714. The summed E-state index contributed by atoms with van der Waals surface area (Å²) in [5, 5.41) is 31.5. The van der Waals surface area contributed by atoms with Gasteiger partial charge >= 0.3 is 23.9 Å². The number of esters is 3. The summed E-state index contributed by atoms with van der Waals surface area (Å²) < 4.78 is 28.4. The number of aliphatic hydroxyl groups excluding tert-OH is 2. The number of allylic oxidation sites excluding steroid dienone is 14. The van der Waals surface area contributed by atoms with Crippen molar-refractivity contribution in [1.29, 1.82) is 0 Å². The molecule has 6 atom stereocenters. The van der Waals surface area contributed by atoms with Gasteiger partial charge in [0.05, 0.1) is 6.61 Å². The highest BCUT2D eigenvalue weighted by atomic mass is 16.7. The van der Waals surface area contributed by atoms with E-state index in [1.54, 1.807) is 0 Å². The number of unbranched alkanes of at least 4 members (excludes halogenated alkanes) is 21. The molecule has 3 N–H and O–H groups in total. The van der Waals surface area contributed by atoms with Crippen molar-refractivity contribution in [2.24, 2.45) is 0 Å². The van der Waals surface area contributed by atoms with E-state index in [1.165, 1.54) is 51.4 Å². The average Bonchev–Trinajstić information content (AvgIpc) is 3.39. The lowest BCUT2D eigenvalue weighted by Gasteiger charge is -2.40. The minimum atomic E-state index is -1.91. The summed E-state index contributed by atoms with van der Waals surface area (Å²) in [5.41, 5.74) is 0. The summed E-state index contributed by atoms with van der Waals surface area (Å²) in [7, 11) is 0. The van der Waals surface area contributed by atoms with Crippen LogP contribution in [0, 0.1) is 0 Å². The Kier molecular flexibility index (Phi) is 46.6. The Labute approximate surface area is 454 Å². The molecule has 1 fully saturated rings. The van der Waals surface area contributed by atoms with Crippen LogP contribution in [0.4, 0.5) is 0 Å². The van der Waals surface area contributed by atoms with Gasteiger partial charge in [0.2, 0.25) is 0 Å². The van der Waals surface area contributed by atoms with Crippen molar-refractivity contribution in [3.63, 3.8) is 0 Å². The van der Waals surface area contributed by atoms with Crippen LogP contribution >= 0.6 is 0 Å². The number of rotatable bonds is 49. The van der Waals surface area contributed by atoms with E-state index in [4.69, 9.17) is 23.7 Å². The van der Waals surface area contributed by atoms with Crippen LogP contribution in [0.25, 0.3) is 0 Å². The second-order valence-electron chi connectivity index (χ2n) is 19.9. The Morgan fingerprint density at radius 3 is 1.31 bits per heavy atom. The lowest BCUT2D eigenvalue weighted by atomic mass is 9.98. The third kappa shape index (κ3) is 40.8. The standard InChI is InChI=1S/C63H104O12/c1-4-7-10-13-16-19-22-25-27-28-30-33-36-39-42-45-48-51-57(66)74-61-59(68)58(67)60(62(69)70)75-63(61)72-53-54(73-56(65)50-47-44-41-38-35-31-24-21-18-15-12-9-6-3)52-71-55(64)49-46-43-40-37-34-32-29-26-23-20-17-14-11-8-5-2/h8-9,11-12,17-18,20-21,25-27,29,31,35,54,58-61,63,67-68H,4-7,10,13-16,19,22-24,28,30,32-34,36-53H2,1-3H3,(H,69,70)/b11-8-,12-9-,20-17-,21-18-,27-25-,29-26-,35-31-. The minimum Gasteiger partial charge on any atom is -0.479 e. The molecule has 1 aliphatic rings. The Bertz CT molecular complexity index is 1630. The van der Waals surface area contributed by atoms with E-state index >= 15 is 0 Å². The summed E-state index contributed by atoms with van der Waals surface area (Å²) >= 11 is 0. The molecule has 0 aromatic heterocycles. The molecular formula is C63H104O12. The van der Waals surface area contributed by atoms with E-state index in [0.717, 1.165) is 128 Å². The second-order valence-corrected chi connectivity index (χ2v) is 19.9. The number of ether oxygens (including phenoxy) is 5. The van der Waals surface area contributed by atoms with Gasteiger partial charge in [-0.25, -0.2) is 4.79 Å². The maximum Gasteiger partial charge on any atom is 0.335 e. The Morgan fingerprint density at radius 2 is 0.840 bits per heavy atom. The zero-order valence-corrected chi connectivity index (χ0v) is 47.0. The minimum absolute atomic E-state index is 0.0476. The number of carboxylic acid groups (broad SMARTS) is 1. The number of carbonyl (C=O) groups excluding carboxylic acids is 3. The van der Waals surface area contributed by atoms with Gasteiger partial charge in [0.1, 0.15) is 18.8 Å². The molecule has 1 heterocycles. The second kappa shape index (κ2) is 50.7. The molecule has 0 aliphatic carbocycles. The number of carboxylic acids is 1. The van der Waals surface area contributed by atoms with Gasteiger partial charge in [-0.05, 0) is 109 Å². The Hall–Kier alpha value is -4.10. The van der Waals surface area contributed by atoms with Crippen molar-refractivity contribution < 1.29 is 58.2 Å². The van der Waals surface area contributed by atoms with E-state index in [1.807, 2.05) is 0 Å². The number of carbonyl (C=O) groups is 4. The summed E-state index contributed by atoms with van der Waals surface area (Å²) in [6, 6.07) is 0. The van der Waals surface area contributed by atoms with Gasteiger partial charge in [0.25, 0.3) is 0 Å². The van der Waals surface area contributed by atoms with E-state index in [9.17, 15) is 34.5 Å². The van der Waals surface area contributed by atoms with Crippen molar-refractivity contribution in [2.75, 3.05) is 13.2 Å². The van der Waals surface area contributed by atoms with E-state index in [-0.39, 0.29) is 25.9 Å². The molecule has 428 valence electrons. The first-order valence-corrected chi connectivity index (χ1v) is 29.6. The largest absolute Gasteiger partial charge is 0.479 e. The molecule has 1 rings (SSSR count). The molecule has 75 heavy (non-hydrogen) atoms. The first kappa shape index (κ1) is 68.9. The van der Waals surface area contributed by atoms with Crippen molar-refractivity contribution in [1.82, 2.24) is 0 Å². The fourth-order valence-electron chi connectivity index (χ4n) is 8.45. The molecule has 12 heteroatoms. The zero-order chi connectivity index (χ0) is 54.7. The molecule has 12 nitrogen and oxygen atoms in total. The molecule has 0 spiro atoms. The van der Waals surface area contributed by atoms with Gasteiger partial charge in [0, 0.05) is 19.3 Å². The van der Waals surface area contributed by atoms with Crippen LogP contribution in [0.3, 0.4) is 0 Å². The van der Waals surface area contributed by atoms with Gasteiger partial charge in [0.15, 0.2) is 24.6 Å². The van der Waals surface area contributed by atoms with Crippen molar-refractivity contribution in [3.05, 3.63) is 85.1 Å². The van der Waals surface area contributed by atoms with Crippen LogP contribution in [0.2, 0.25) is 0 Å². The van der Waals surface area contributed by atoms with Crippen molar-refractivity contribution in [3.8, 4) is 0 Å². The van der Waals surface area contributed by atoms with E-state index < -0.39 is 67.3 Å². The van der Waals surface area contributed by atoms with Crippen LogP contribution < -0.4 is 0 Å². The predicted octanol–water partition coefficient (Wildman–Crippen LogP) is 15.1. The lowest BCUT2D eigenvalue weighted by Crippen LogP contribution is -2.61. The summed E-state index contributed by atoms with van der Waals surface area (Å²) in [6.45, 7) is 5.72. The van der Waals surface area contributed by atoms with Gasteiger partial charge in [-0.2, -0.15) is 0 Å². The summed E-state index contributed by atoms with van der Waals surface area (Å²) in [6.07, 6.45) is 52.7. The summed E-state index contributed by atoms with van der Waals surface area (Å²) in [4.78, 5) is 51.1. The SMILES string of the molecule is CC/C=C\C/C=C\C/C=C\CCCCCCCC(=O)OCC(COC1OC(C(=O)O)C(O)C(O)C1OC(=O)CCCCCCCCC/C=C\CCCCCCCC)OC(=O)CCCCC/C=C\C/C=C\C/C=C\CC. The first-order chi connectivity index (χ1) is 36.6. The monoisotopic (exact) mass is 1050 g/mol. The van der Waals surface area contributed by atoms with Gasteiger partial charge in [-0.15, -0.1) is 0 Å². The van der Waals surface area contributed by atoms with Crippen LogP contribution in [0.1, 0.15) is 239 Å². The molecule has 0 bridgehead atoms. The summed E-state index contributed by atoms with van der Waals surface area (Å²) in [5.74, 6) is -3.19. The van der Waals surface area contributed by atoms with Gasteiger partial charge < -0.3 is 39.0 Å². The lowest BCUT2D eigenvalue weighted by molar-refractivity contribution is -0.301. The Morgan fingerprint density at radius 1 is 0.453 bits per heavy atom. The Balaban J connectivity index is 2.71. The molecule has 0 amide bonds. The molecule has 0 radical (unpaired) electrons. The van der Waals surface area contributed by atoms with Crippen molar-refractivity contribution in [2.45, 2.75) is 276 Å². The molecule has 1 aliphatic heterocycles. The first-order valence-electron chi connectivity index (χ1n) is 29.6. The highest BCUT2D eigenvalue weighted by molar-refractivity contribution is 5.74. The van der Waals surface area contributed by atoms with E-state index in [0.29, 0.717) is 19.3 Å². The maximum atomic E-state index is 13.1. The topological polar surface area (TPSA) is 175 Å². The molecular weight excluding hydrogens is 949 g/mol. The van der Waals surface area contributed by atoms with Gasteiger partial charge in [-0.1, -0.05) is 196 Å².